The van der Waals surface area contributed by atoms with Crippen LogP contribution in [0.5, 0.6) is 0 Å². The fraction of sp³-hybridized carbons (Fsp3) is 0.111. The van der Waals surface area contributed by atoms with E-state index in [2.05, 4.69) is 14.7 Å². The second-order valence-corrected chi connectivity index (χ2v) is 14.2. The zero-order valence-electron chi connectivity index (χ0n) is 26.6. The number of pyridine rings is 1. The molecule has 6 aromatic rings. The SMILES string of the molecule is CN(C)C(=O)n1cc(/C(=N/OC(=O)c2ccc(S(=O)(=O)O)cc2)c2ccn3c2CS[C@@H]3c2cccnc2)c2ccc(-c3ccc(F)cc3)cc21. The van der Waals surface area contributed by atoms with E-state index in [0.717, 1.165) is 34.5 Å². The summed E-state index contributed by atoms with van der Waals surface area (Å²) in [4.78, 5) is 37.6. The molecular formula is C36H28FN5O6S2. The maximum atomic E-state index is 13.7. The highest BCUT2D eigenvalue weighted by Gasteiger charge is 2.30. The van der Waals surface area contributed by atoms with Crippen molar-refractivity contribution in [3.05, 3.63) is 143 Å². The van der Waals surface area contributed by atoms with Gasteiger partial charge in [-0.3, -0.25) is 14.1 Å². The van der Waals surface area contributed by atoms with Gasteiger partial charge in [-0.25, -0.2) is 14.0 Å². The first kappa shape index (κ1) is 33.0. The van der Waals surface area contributed by atoms with Crippen LogP contribution in [-0.4, -0.2) is 63.8 Å². The van der Waals surface area contributed by atoms with Crippen LogP contribution in [0.2, 0.25) is 0 Å². The minimum Gasteiger partial charge on any atom is -0.333 e. The third-order valence-electron chi connectivity index (χ3n) is 8.31. The number of carbonyl (C=O) groups excluding carboxylic acids is 2. The number of oxime groups is 1. The number of nitrogens with zero attached hydrogens (tertiary/aromatic N) is 5. The second kappa shape index (κ2) is 13.0. The molecule has 1 aliphatic heterocycles. The fourth-order valence-electron chi connectivity index (χ4n) is 5.84. The molecule has 3 aromatic heterocycles. The summed E-state index contributed by atoms with van der Waals surface area (Å²) in [6, 6.07) is 21.6. The number of aromatic nitrogens is 3. The van der Waals surface area contributed by atoms with Crippen LogP contribution in [-0.2, 0) is 20.7 Å². The minimum absolute atomic E-state index is 0.00367. The van der Waals surface area contributed by atoms with E-state index in [1.807, 2.05) is 48.8 Å². The van der Waals surface area contributed by atoms with E-state index in [9.17, 15) is 27.0 Å². The summed E-state index contributed by atoms with van der Waals surface area (Å²) in [7, 11) is -1.19. The Balaban J connectivity index is 1.37. The highest BCUT2D eigenvalue weighted by molar-refractivity contribution is 7.99. The van der Waals surface area contributed by atoms with E-state index in [0.29, 0.717) is 33.5 Å². The van der Waals surface area contributed by atoms with Gasteiger partial charge in [0.1, 0.15) is 16.9 Å². The lowest BCUT2D eigenvalue weighted by molar-refractivity contribution is 0.0517. The summed E-state index contributed by atoms with van der Waals surface area (Å²) in [6.07, 6.45) is 7.12. The van der Waals surface area contributed by atoms with E-state index in [4.69, 9.17) is 4.84 Å². The van der Waals surface area contributed by atoms with Crippen LogP contribution in [0.3, 0.4) is 0 Å². The Bertz CT molecular complexity index is 2410. The first-order chi connectivity index (χ1) is 24.0. The molecule has 3 aromatic carbocycles. The van der Waals surface area contributed by atoms with Gasteiger partial charge in [-0.05, 0) is 65.7 Å². The van der Waals surface area contributed by atoms with Crippen LogP contribution >= 0.6 is 11.8 Å². The Morgan fingerprint density at radius 3 is 2.42 bits per heavy atom. The summed E-state index contributed by atoms with van der Waals surface area (Å²) in [5.41, 5.74) is 5.48. The Morgan fingerprint density at radius 2 is 1.74 bits per heavy atom. The molecule has 1 atom stereocenters. The molecule has 7 rings (SSSR count). The van der Waals surface area contributed by atoms with E-state index in [1.54, 1.807) is 50.4 Å². The number of hydrogen-bond donors (Lipinski definition) is 1. The first-order valence-electron chi connectivity index (χ1n) is 15.2. The number of benzene rings is 3. The van der Waals surface area contributed by atoms with Gasteiger partial charge in [0.2, 0.25) is 0 Å². The topological polar surface area (TPSA) is 136 Å². The molecule has 0 spiro atoms. The lowest BCUT2D eigenvalue weighted by atomic mass is 9.99. The molecule has 11 nitrogen and oxygen atoms in total. The molecule has 0 saturated carbocycles. The lowest BCUT2D eigenvalue weighted by Crippen LogP contribution is -2.26. The van der Waals surface area contributed by atoms with Crippen molar-refractivity contribution in [2.24, 2.45) is 5.16 Å². The highest BCUT2D eigenvalue weighted by atomic mass is 32.2. The second-order valence-electron chi connectivity index (χ2n) is 11.7. The fourth-order valence-corrected chi connectivity index (χ4v) is 7.63. The number of rotatable bonds is 7. The maximum Gasteiger partial charge on any atom is 0.365 e. The predicted molar refractivity (Wildman–Crippen MR) is 187 cm³/mol. The first-order valence-corrected chi connectivity index (χ1v) is 17.7. The van der Waals surface area contributed by atoms with Crippen LogP contribution in [0.25, 0.3) is 22.0 Å². The van der Waals surface area contributed by atoms with Gasteiger partial charge in [-0.15, -0.1) is 11.8 Å². The molecule has 14 heteroatoms. The van der Waals surface area contributed by atoms with Crippen molar-refractivity contribution in [2.75, 3.05) is 14.1 Å². The molecule has 252 valence electrons. The van der Waals surface area contributed by atoms with Crippen molar-refractivity contribution in [1.82, 2.24) is 19.0 Å². The number of halogens is 1. The van der Waals surface area contributed by atoms with Gasteiger partial charge in [0.15, 0.2) is 0 Å². The molecule has 0 unspecified atom stereocenters. The molecule has 0 saturated heterocycles. The Labute approximate surface area is 290 Å². The molecule has 0 bridgehead atoms. The molecule has 0 aliphatic carbocycles. The maximum absolute atomic E-state index is 13.7. The number of hydrogen-bond acceptors (Lipinski definition) is 8. The average molecular weight is 710 g/mol. The number of amides is 1. The van der Waals surface area contributed by atoms with Gasteiger partial charge in [0.05, 0.1) is 16.0 Å². The number of fused-ring (bicyclic) bond motifs is 2. The van der Waals surface area contributed by atoms with Crippen molar-refractivity contribution in [3.63, 3.8) is 0 Å². The lowest BCUT2D eigenvalue weighted by Gasteiger charge is -2.12. The summed E-state index contributed by atoms with van der Waals surface area (Å²) in [5.74, 6) is -0.623. The van der Waals surface area contributed by atoms with Gasteiger partial charge in [-0.2, -0.15) is 8.42 Å². The molecule has 50 heavy (non-hydrogen) atoms. The van der Waals surface area contributed by atoms with Gasteiger partial charge in [-0.1, -0.05) is 35.5 Å². The van der Waals surface area contributed by atoms with E-state index < -0.39 is 16.1 Å². The van der Waals surface area contributed by atoms with Gasteiger partial charge >= 0.3 is 12.0 Å². The van der Waals surface area contributed by atoms with E-state index in [1.165, 1.54) is 33.7 Å². The zero-order chi connectivity index (χ0) is 35.2. The monoisotopic (exact) mass is 709 g/mol. The number of thioether (sulfide) groups is 1. The standard InChI is InChI=1S/C36H28FN5O6S2/c1-40(2)36(44)42-20-30(28-14-9-24(18-31(28)42)22-5-10-26(37)11-6-22)33(39-48-35(43)23-7-12-27(13-8-23)50(45,46)47)29-15-17-41-32(29)21-49-34(41)25-4-3-16-38-19-25/h3-20,34H,21H2,1-2H3,(H,45,46,47)/b39-33+/t34-/m1/s1. The van der Waals surface area contributed by atoms with Crippen molar-refractivity contribution in [1.29, 1.82) is 0 Å². The Morgan fingerprint density at radius 1 is 1.00 bits per heavy atom. The van der Waals surface area contributed by atoms with Crippen LogP contribution in [0.1, 0.15) is 38.1 Å². The summed E-state index contributed by atoms with van der Waals surface area (Å²) >= 11 is 1.70. The quantitative estimate of drug-likeness (QED) is 0.0826. The van der Waals surface area contributed by atoms with Crippen molar-refractivity contribution in [3.8, 4) is 11.1 Å². The molecule has 1 aliphatic rings. The zero-order valence-corrected chi connectivity index (χ0v) is 28.2. The van der Waals surface area contributed by atoms with Crippen molar-refractivity contribution >= 4 is 50.5 Å². The van der Waals surface area contributed by atoms with Crippen LogP contribution in [0.4, 0.5) is 9.18 Å². The molecule has 1 amide bonds. The average Bonchev–Trinajstić information content (AvgIpc) is 3.83. The molecule has 1 N–H and O–H groups in total. The van der Waals surface area contributed by atoms with Crippen molar-refractivity contribution < 1.29 is 31.8 Å². The summed E-state index contributed by atoms with van der Waals surface area (Å²) in [6.45, 7) is 0. The van der Waals surface area contributed by atoms with Crippen LogP contribution in [0.15, 0.2) is 120 Å². The highest BCUT2D eigenvalue weighted by Crippen LogP contribution is 2.43. The van der Waals surface area contributed by atoms with Gasteiger partial charge < -0.3 is 14.3 Å². The molecule has 0 radical (unpaired) electrons. The largest absolute Gasteiger partial charge is 0.365 e. The summed E-state index contributed by atoms with van der Waals surface area (Å²) in [5, 5.41) is 5.00. The van der Waals surface area contributed by atoms with E-state index >= 15 is 0 Å². The Hall–Kier alpha value is -5.57. The third-order valence-corrected chi connectivity index (χ3v) is 10.4. The third kappa shape index (κ3) is 6.19. The molecule has 0 fully saturated rings. The van der Waals surface area contributed by atoms with Crippen LogP contribution < -0.4 is 0 Å². The minimum atomic E-state index is -4.46. The van der Waals surface area contributed by atoms with Crippen LogP contribution in [0, 0.1) is 5.82 Å². The summed E-state index contributed by atoms with van der Waals surface area (Å²) < 4.78 is 49.7. The molecular weight excluding hydrogens is 682 g/mol. The Kier molecular flexibility index (Phi) is 8.59. The van der Waals surface area contributed by atoms with Gasteiger partial charge in [0, 0.05) is 72.4 Å². The van der Waals surface area contributed by atoms with Crippen molar-refractivity contribution in [2.45, 2.75) is 16.0 Å². The normalized spacial score (nSPS) is 14.5. The number of carbonyl (C=O) groups is 2. The van der Waals surface area contributed by atoms with Gasteiger partial charge in [0.25, 0.3) is 10.1 Å². The van der Waals surface area contributed by atoms with E-state index in [-0.39, 0.29) is 27.7 Å². The predicted octanol–water partition coefficient (Wildman–Crippen LogP) is 6.82. The molecule has 4 heterocycles. The smallest absolute Gasteiger partial charge is 0.333 e.